The third-order valence-electron chi connectivity index (χ3n) is 5.14. The molecule has 4 N–H and O–H groups in total. The van der Waals surface area contributed by atoms with E-state index in [1.165, 1.54) is 6.20 Å². The van der Waals surface area contributed by atoms with Gasteiger partial charge in [0.2, 0.25) is 0 Å². The van der Waals surface area contributed by atoms with E-state index in [0.29, 0.717) is 23.5 Å². The summed E-state index contributed by atoms with van der Waals surface area (Å²) in [4.78, 5) is 28.9. The molecule has 4 rings (SSSR count). The summed E-state index contributed by atoms with van der Waals surface area (Å²) in [5, 5.41) is 18.8. The monoisotopic (exact) mass is 434 g/mol. The number of rotatable bonds is 3. The lowest BCUT2D eigenvalue weighted by atomic mass is 9.97. The highest BCUT2D eigenvalue weighted by Crippen LogP contribution is 2.38. The fraction of sp³-hybridized carbons (Fsp3) is 0.421. The molecule has 8 nitrogen and oxygen atoms in total. The normalized spacial score (nSPS) is 17.6. The Kier molecular flexibility index (Phi) is 4.85. The van der Waals surface area contributed by atoms with Crippen LogP contribution in [0.15, 0.2) is 20.8 Å². The molecule has 1 unspecified atom stereocenters. The maximum atomic E-state index is 12.8. The molecule has 2 aromatic rings. The van der Waals surface area contributed by atoms with Gasteiger partial charge in [-0.2, -0.15) is 0 Å². The molecule has 0 aliphatic heterocycles. The van der Waals surface area contributed by atoms with Gasteiger partial charge in [-0.3, -0.25) is 4.79 Å². The Morgan fingerprint density at radius 3 is 2.76 bits per heavy atom. The summed E-state index contributed by atoms with van der Waals surface area (Å²) in [5.41, 5.74) is 3.06. The van der Waals surface area contributed by atoms with Crippen LogP contribution in [0.2, 0.25) is 0 Å². The summed E-state index contributed by atoms with van der Waals surface area (Å²) in [7, 11) is -3.51. The number of carbonyl (C=O) groups is 2. The summed E-state index contributed by atoms with van der Waals surface area (Å²) in [6.45, 7) is 3.10. The van der Waals surface area contributed by atoms with E-state index in [-0.39, 0.29) is 9.99 Å². The molecule has 2 amide bonds. The highest BCUT2D eigenvalue weighted by molar-refractivity contribution is 7.93. The predicted octanol–water partition coefficient (Wildman–Crippen LogP) is 2.92. The maximum absolute atomic E-state index is 12.8. The van der Waals surface area contributed by atoms with Crippen molar-refractivity contribution in [3.05, 3.63) is 39.5 Å². The van der Waals surface area contributed by atoms with Gasteiger partial charge in [0.05, 0.1) is 6.20 Å². The van der Waals surface area contributed by atoms with Crippen LogP contribution in [0.1, 0.15) is 58.7 Å². The first-order valence-corrected chi connectivity index (χ1v) is 11.7. The van der Waals surface area contributed by atoms with E-state index in [4.69, 9.17) is 5.14 Å². The minimum Gasteiger partial charge on any atom is -0.383 e. The number of nitrogens with one attached hydrogen (secondary N) is 1. The predicted molar refractivity (Wildman–Crippen MR) is 111 cm³/mol. The number of hydrogen-bond donors (Lipinski definition) is 3. The van der Waals surface area contributed by atoms with Gasteiger partial charge in [-0.05, 0) is 62.3 Å². The number of anilines is 1. The molecule has 154 valence electrons. The molecule has 1 heterocycles. The average molecular weight is 435 g/mol. The first-order valence-electron chi connectivity index (χ1n) is 9.31. The number of aromatic nitrogens is 1. The number of amides is 2. The number of urea groups is 1. The summed E-state index contributed by atoms with van der Waals surface area (Å²) in [5.74, 6) is 0.109. The SMILES string of the molecule is CC(C)(O)c1ncc(S(N)(=O)=NC(=O)Nc2cc3c(c4c2CCC4=O)CCC3)s1. The van der Waals surface area contributed by atoms with Gasteiger partial charge >= 0.3 is 6.03 Å². The fourth-order valence-electron chi connectivity index (χ4n) is 3.84. The molecule has 0 radical (unpaired) electrons. The number of aryl methyl sites for hydroxylation is 1. The van der Waals surface area contributed by atoms with Gasteiger partial charge in [0, 0.05) is 17.7 Å². The van der Waals surface area contributed by atoms with Crippen LogP contribution in [0.25, 0.3) is 0 Å². The molecular weight excluding hydrogens is 412 g/mol. The molecule has 0 saturated carbocycles. The Labute approximate surface area is 172 Å². The summed E-state index contributed by atoms with van der Waals surface area (Å²) >= 11 is 0.952. The number of nitrogens with two attached hydrogens (primary N) is 1. The second-order valence-corrected chi connectivity index (χ2v) is 10.9. The van der Waals surface area contributed by atoms with E-state index in [1.807, 2.05) is 6.07 Å². The molecule has 10 heteroatoms. The van der Waals surface area contributed by atoms with Gasteiger partial charge in [0.1, 0.15) is 14.8 Å². The lowest BCUT2D eigenvalue weighted by Crippen LogP contribution is -2.18. The van der Waals surface area contributed by atoms with Crippen LogP contribution in [0, 0.1) is 0 Å². The number of fused-ring (bicyclic) bond motifs is 3. The Morgan fingerprint density at radius 2 is 2.07 bits per heavy atom. The molecule has 0 bridgehead atoms. The molecular formula is C19H22N4O4S2. The van der Waals surface area contributed by atoms with Crippen LogP contribution in [0.5, 0.6) is 0 Å². The number of nitrogens with zero attached hydrogens (tertiary/aromatic N) is 2. The quantitative estimate of drug-likeness (QED) is 0.683. The minimum atomic E-state index is -3.51. The van der Waals surface area contributed by atoms with Crippen molar-refractivity contribution in [3.63, 3.8) is 0 Å². The van der Waals surface area contributed by atoms with Gasteiger partial charge in [0.15, 0.2) is 15.7 Å². The zero-order chi connectivity index (χ0) is 21.0. The highest BCUT2D eigenvalue weighted by atomic mass is 32.2. The summed E-state index contributed by atoms with van der Waals surface area (Å²) in [6, 6.07) is 1.06. The van der Waals surface area contributed by atoms with E-state index in [1.54, 1.807) is 13.8 Å². The van der Waals surface area contributed by atoms with Crippen molar-refractivity contribution in [2.24, 2.45) is 9.50 Å². The number of carbonyl (C=O) groups excluding carboxylic acids is 2. The van der Waals surface area contributed by atoms with Crippen molar-refractivity contribution in [2.45, 2.75) is 55.8 Å². The van der Waals surface area contributed by atoms with Gasteiger partial charge in [-0.15, -0.1) is 15.7 Å². The smallest absolute Gasteiger partial charge is 0.354 e. The maximum Gasteiger partial charge on any atom is 0.354 e. The number of aliphatic hydroxyl groups is 1. The van der Waals surface area contributed by atoms with Crippen LogP contribution >= 0.6 is 11.3 Å². The van der Waals surface area contributed by atoms with Crippen LogP contribution in [-0.4, -0.2) is 26.1 Å². The average Bonchev–Trinajstić information content (AvgIpc) is 3.32. The standard InChI is InChI=1S/C19H22N4O4S2/c1-19(2,26)17-21-9-15(28-17)29(20,27)23-18(25)22-13-8-10-4-3-5-11(10)16-12(13)6-7-14(16)24/h8-9,26H,3-7H2,1-2H3,(H3,20,22,23,25,27). The summed E-state index contributed by atoms with van der Waals surface area (Å²) in [6.07, 6.45) is 5.00. The second-order valence-electron chi connectivity index (χ2n) is 7.83. The molecule has 0 spiro atoms. The second kappa shape index (κ2) is 6.98. The first kappa shape index (κ1) is 20.1. The van der Waals surface area contributed by atoms with Crippen LogP contribution < -0.4 is 10.5 Å². The Hall–Kier alpha value is -2.14. The van der Waals surface area contributed by atoms with Crippen molar-refractivity contribution < 1.29 is 18.9 Å². The number of Topliss-reactive ketones (excluding diaryl/α,β-unsaturated/α-hetero) is 1. The Bertz CT molecular complexity index is 1150. The third kappa shape index (κ3) is 3.73. The van der Waals surface area contributed by atoms with Gasteiger partial charge in [-0.25, -0.2) is 19.1 Å². The van der Waals surface area contributed by atoms with Gasteiger partial charge in [0.25, 0.3) is 0 Å². The minimum absolute atomic E-state index is 0.109. The fourth-order valence-corrected chi connectivity index (χ4v) is 5.91. The third-order valence-corrected chi connectivity index (χ3v) is 8.34. The van der Waals surface area contributed by atoms with E-state index < -0.39 is 21.5 Å². The molecule has 2 aliphatic rings. The topological polar surface area (TPSA) is 135 Å². The Morgan fingerprint density at radius 1 is 1.31 bits per heavy atom. The van der Waals surface area contributed by atoms with Crippen LogP contribution in [0.3, 0.4) is 0 Å². The summed E-state index contributed by atoms with van der Waals surface area (Å²) < 4.78 is 16.6. The van der Waals surface area contributed by atoms with E-state index in [0.717, 1.165) is 52.9 Å². The van der Waals surface area contributed by atoms with Crippen molar-refractivity contribution in [3.8, 4) is 0 Å². The van der Waals surface area contributed by atoms with E-state index in [2.05, 4.69) is 14.7 Å². The van der Waals surface area contributed by atoms with Crippen molar-refractivity contribution in [2.75, 3.05) is 5.32 Å². The molecule has 0 saturated heterocycles. The van der Waals surface area contributed by atoms with Crippen LogP contribution in [0.4, 0.5) is 10.5 Å². The zero-order valence-corrected chi connectivity index (χ0v) is 17.8. The number of hydrogen-bond acceptors (Lipinski definition) is 6. The largest absolute Gasteiger partial charge is 0.383 e. The molecule has 0 fully saturated rings. The van der Waals surface area contributed by atoms with Crippen molar-refractivity contribution >= 4 is 38.8 Å². The van der Waals surface area contributed by atoms with Crippen LogP contribution in [-0.2, 0) is 34.8 Å². The van der Waals surface area contributed by atoms with E-state index in [9.17, 15) is 18.9 Å². The zero-order valence-electron chi connectivity index (χ0n) is 16.2. The molecule has 1 aromatic carbocycles. The number of thiazole rings is 1. The Balaban J connectivity index is 1.65. The van der Waals surface area contributed by atoms with Gasteiger partial charge in [-0.1, -0.05) is 0 Å². The lowest BCUT2D eigenvalue weighted by molar-refractivity contribution is 0.0782. The molecule has 29 heavy (non-hydrogen) atoms. The molecule has 1 aromatic heterocycles. The first-order chi connectivity index (χ1) is 13.6. The molecule has 2 aliphatic carbocycles. The van der Waals surface area contributed by atoms with Gasteiger partial charge < -0.3 is 10.4 Å². The lowest BCUT2D eigenvalue weighted by Gasteiger charge is -2.13. The highest BCUT2D eigenvalue weighted by Gasteiger charge is 2.30. The van der Waals surface area contributed by atoms with Crippen molar-refractivity contribution in [1.29, 1.82) is 0 Å². The van der Waals surface area contributed by atoms with E-state index >= 15 is 0 Å². The molecule has 1 atom stereocenters. The number of benzene rings is 1. The van der Waals surface area contributed by atoms with Crippen molar-refractivity contribution in [1.82, 2.24) is 4.98 Å². The number of ketones is 1.